The van der Waals surface area contributed by atoms with Gasteiger partial charge in [-0.15, -0.1) is 0 Å². The van der Waals surface area contributed by atoms with Crippen molar-refractivity contribution in [3.63, 3.8) is 0 Å². The molecular weight excluding hydrogens is 216 g/mol. The summed E-state index contributed by atoms with van der Waals surface area (Å²) in [4.78, 5) is 13.0. The van der Waals surface area contributed by atoms with E-state index in [0.29, 0.717) is 12.5 Å². The van der Waals surface area contributed by atoms with Crippen LogP contribution >= 0.6 is 0 Å². The monoisotopic (exact) mass is 242 g/mol. The summed E-state index contributed by atoms with van der Waals surface area (Å²) >= 11 is 0. The third-order valence-corrected chi connectivity index (χ3v) is 3.34. The highest BCUT2D eigenvalue weighted by Gasteiger charge is 2.15. The van der Waals surface area contributed by atoms with E-state index in [2.05, 4.69) is 24.1 Å². The number of carboxylic acids is 1. The van der Waals surface area contributed by atoms with Crippen LogP contribution in [0.25, 0.3) is 0 Å². The number of piperidine rings is 1. The van der Waals surface area contributed by atoms with Crippen molar-refractivity contribution >= 4 is 5.97 Å². The Morgan fingerprint density at radius 3 is 2.47 bits per heavy atom. The Labute approximate surface area is 104 Å². The zero-order valence-electron chi connectivity index (χ0n) is 11.1. The van der Waals surface area contributed by atoms with Gasteiger partial charge >= 0.3 is 5.97 Å². The lowest BCUT2D eigenvalue weighted by molar-refractivity contribution is -0.137. The van der Waals surface area contributed by atoms with Gasteiger partial charge in [0.1, 0.15) is 0 Å². The molecule has 4 heteroatoms. The van der Waals surface area contributed by atoms with E-state index < -0.39 is 5.97 Å². The fraction of sp³-hybridized carbons (Fsp3) is 0.923. The quantitative estimate of drug-likeness (QED) is 0.713. The number of hydrogen-bond acceptors (Lipinski definition) is 3. The van der Waals surface area contributed by atoms with Gasteiger partial charge in [-0.25, -0.2) is 0 Å². The zero-order valence-corrected chi connectivity index (χ0v) is 11.1. The molecule has 0 aromatic carbocycles. The molecule has 17 heavy (non-hydrogen) atoms. The molecule has 1 rings (SSSR count). The van der Waals surface area contributed by atoms with Gasteiger partial charge in [0.2, 0.25) is 0 Å². The predicted molar refractivity (Wildman–Crippen MR) is 69.2 cm³/mol. The lowest BCUT2D eigenvalue weighted by Gasteiger charge is -2.30. The smallest absolute Gasteiger partial charge is 0.303 e. The molecule has 100 valence electrons. The van der Waals surface area contributed by atoms with Crippen molar-refractivity contribution in [2.75, 3.05) is 19.6 Å². The Morgan fingerprint density at radius 2 is 1.88 bits per heavy atom. The molecule has 0 amide bonds. The summed E-state index contributed by atoms with van der Waals surface area (Å²) in [7, 11) is 0. The summed E-state index contributed by atoms with van der Waals surface area (Å²) in [6.07, 6.45) is 4.97. The Hall–Kier alpha value is -0.610. The van der Waals surface area contributed by atoms with Crippen LogP contribution in [0.3, 0.4) is 0 Å². The minimum atomic E-state index is -0.706. The van der Waals surface area contributed by atoms with Crippen LogP contribution in [0.2, 0.25) is 0 Å². The van der Waals surface area contributed by atoms with Gasteiger partial charge in [0.05, 0.1) is 0 Å². The molecule has 0 saturated carbocycles. The van der Waals surface area contributed by atoms with Crippen LogP contribution in [0, 0.1) is 0 Å². The van der Waals surface area contributed by atoms with Gasteiger partial charge in [0.25, 0.3) is 0 Å². The maximum absolute atomic E-state index is 10.5. The SMILES string of the molecule is CC(CCC(=O)O)NC(C)CN1CCCCC1. The summed E-state index contributed by atoms with van der Waals surface area (Å²) < 4.78 is 0. The molecule has 1 heterocycles. The van der Waals surface area contributed by atoms with Crippen LogP contribution in [0.5, 0.6) is 0 Å². The number of hydrogen-bond donors (Lipinski definition) is 2. The van der Waals surface area contributed by atoms with Crippen molar-refractivity contribution in [1.29, 1.82) is 0 Å². The molecule has 1 aliphatic heterocycles. The minimum Gasteiger partial charge on any atom is -0.481 e. The second-order valence-corrected chi connectivity index (χ2v) is 5.26. The topological polar surface area (TPSA) is 52.6 Å². The van der Waals surface area contributed by atoms with E-state index in [1.165, 1.54) is 32.4 Å². The highest BCUT2D eigenvalue weighted by Crippen LogP contribution is 2.09. The Kier molecular flexibility index (Phi) is 6.52. The molecule has 0 aromatic rings. The molecule has 2 N–H and O–H groups in total. The van der Waals surface area contributed by atoms with Gasteiger partial charge in [-0.1, -0.05) is 6.42 Å². The third-order valence-electron chi connectivity index (χ3n) is 3.34. The van der Waals surface area contributed by atoms with E-state index >= 15 is 0 Å². The van der Waals surface area contributed by atoms with Gasteiger partial charge in [-0.2, -0.15) is 0 Å². The first kappa shape index (κ1) is 14.5. The van der Waals surface area contributed by atoms with Crippen LogP contribution in [0.4, 0.5) is 0 Å². The summed E-state index contributed by atoms with van der Waals surface area (Å²) in [5, 5.41) is 12.1. The molecule has 0 aromatic heterocycles. The molecule has 0 radical (unpaired) electrons. The first-order chi connectivity index (χ1) is 8.08. The molecule has 0 bridgehead atoms. The zero-order chi connectivity index (χ0) is 12.7. The van der Waals surface area contributed by atoms with Crippen LogP contribution in [-0.2, 0) is 4.79 Å². The second kappa shape index (κ2) is 7.67. The molecule has 0 spiro atoms. The second-order valence-electron chi connectivity index (χ2n) is 5.26. The first-order valence-corrected chi connectivity index (χ1v) is 6.78. The van der Waals surface area contributed by atoms with Gasteiger partial charge in [-0.3, -0.25) is 4.79 Å². The third kappa shape index (κ3) is 6.64. The Balaban J connectivity index is 2.14. The van der Waals surface area contributed by atoms with E-state index in [4.69, 9.17) is 5.11 Å². The number of likely N-dealkylation sites (tertiary alicyclic amines) is 1. The average molecular weight is 242 g/mol. The maximum atomic E-state index is 10.5. The Bertz CT molecular complexity index is 227. The molecule has 1 saturated heterocycles. The fourth-order valence-corrected chi connectivity index (χ4v) is 2.49. The van der Waals surface area contributed by atoms with Gasteiger partial charge in [0, 0.05) is 25.0 Å². The normalized spacial score (nSPS) is 21.1. The number of nitrogens with zero attached hydrogens (tertiary/aromatic N) is 1. The van der Waals surface area contributed by atoms with Crippen LogP contribution in [0.1, 0.15) is 46.0 Å². The largest absolute Gasteiger partial charge is 0.481 e. The van der Waals surface area contributed by atoms with Crippen LogP contribution < -0.4 is 5.32 Å². The lowest BCUT2D eigenvalue weighted by atomic mass is 10.1. The minimum absolute atomic E-state index is 0.255. The molecule has 1 aliphatic rings. The molecular formula is C13H26N2O2. The lowest BCUT2D eigenvalue weighted by Crippen LogP contribution is -2.44. The van der Waals surface area contributed by atoms with Crippen molar-refractivity contribution in [1.82, 2.24) is 10.2 Å². The number of aliphatic carboxylic acids is 1. The highest BCUT2D eigenvalue weighted by atomic mass is 16.4. The standard InChI is InChI=1S/C13H26N2O2/c1-11(6-7-13(16)17)14-12(2)10-15-8-4-3-5-9-15/h11-12,14H,3-10H2,1-2H3,(H,16,17). The van der Waals surface area contributed by atoms with E-state index in [1.807, 2.05) is 0 Å². The predicted octanol–water partition coefficient (Wildman–Crippen LogP) is 1.70. The number of carbonyl (C=O) groups is 1. The van der Waals surface area contributed by atoms with Crippen molar-refractivity contribution in [3.05, 3.63) is 0 Å². The van der Waals surface area contributed by atoms with E-state index in [9.17, 15) is 4.79 Å². The Morgan fingerprint density at radius 1 is 1.24 bits per heavy atom. The van der Waals surface area contributed by atoms with Crippen LogP contribution in [0.15, 0.2) is 0 Å². The van der Waals surface area contributed by atoms with Crippen LogP contribution in [-0.4, -0.2) is 47.7 Å². The van der Waals surface area contributed by atoms with Crippen molar-refractivity contribution in [2.24, 2.45) is 0 Å². The van der Waals surface area contributed by atoms with E-state index in [1.54, 1.807) is 0 Å². The summed E-state index contributed by atoms with van der Waals surface area (Å²) in [5.74, 6) is -0.706. The van der Waals surface area contributed by atoms with Crippen molar-refractivity contribution < 1.29 is 9.90 Å². The maximum Gasteiger partial charge on any atom is 0.303 e. The van der Waals surface area contributed by atoms with Gasteiger partial charge in [-0.05, 0) is 46.2 Å². The summed E-state index contributed by atoms with van der Waals surface area (Å²) in [5.41, 5.74) is 0. The van der Waals surface area contributed by atoms with E-state index in [-0.39, 0.29) is 12.5 Å². The van der Waals surface area contributed by atoms with Crippen molar-refractivity contribution in [2.45, 2.75) is 58.0 Å². The molecule has 2 atom stereocenters. The first-order valence-electron chi connectivity index (χ1n) is 6.78. The molecule has 1 fully saturated rings. The van der Waals surface area contributed by atoms with Gasteiger partial charge < -0.3 is 15.3 Å². The molecule has 0 aliphatic carbocycles. The highest BCUT2D eigenvalue weighted by molar-refractivity contribution is 5.66. The van der Waals surface area contributed by atoms with Gasteiger partial charge in [0.15, 0.2) is 0 Å². The average Bonchev–Trinajstić information content (AvgIpc) is 2.27. The van der Waals surface area contributed by atoms with Crippen molar-refractivity contribution in [3.8, 4) is 0 Å². The summed E-state index contributed by atoms with van der Waals surface area (Å²) in [6.45, 7) is 7.77. The molecule has 4 nitrogen and oxygen atoms in total. The fourth-order valence-electron chi connectivity index (χ4n) is 2.49. The number of rotatable bonds is 7. The molecule has 2 unspecified atom stereocenters. The summed E-state index contributed by atoms with van der Waals surface area (Å²) in [6, 6.07) is 0.725. The van der Waals surface area contributed by atoms with E-state index in [0.717, 1.165) is 6.54 Å². The number of nitrogens with one attached hydrogen (secondary N) is 1. The number of carboxylic acid groups (broad SMARTS) is 1.